The van der Waals surface area contributed by atoms with Crippen molar-refractivity contribution in [1.82, 2.24) is 4.98 Å². The molecular weight excluding hydrogens is 230 g/mol. The Kier molecular flexibility index (Phi) is 4.18. The van der Waals surface area contributed by atoms with Gasteiger partial charge in [0.15, 0.2) is 0 Å². The van der Waals surface area contributed by atoms with Crippen LogP contribution in [-0.4, -0.2) is 18.1 Å². The van der Waals surface area contributed by atoms with Crippen LogP contribution in [-0.2, 0) is 0 Å². The van der Waals surface area contributed by atoms with Crippen molar-refractivity contribution in [2.75, 3.05) is 18.4 Å². The number of nitrogens with one attached hydrogen (secondary N) is 1. The highest BCUT2D eigenvalue weighted by Gasteiger charge is 1.97. The Labute approximate surface area is 86.9 Å². The molecule has 0 radical (unpaired) electrons. The van der Waals surface area contributed by atoms with Crippen molar-refractivity contribution in [1.29, 1.82) is 0 Å². The average Bonchev–Trinajstić information content (AvgIpc) is 2.12. The van der Waals surface area contributed by atoms with E-state index in [4.69, 9.17) is 5.73 Å². The summed E-state index contributed by atoms with van der Waals surface area (Å²) in [7, 11) is 0. The van der Waals surface area contributed by atoms with Crippen LogP contribution >= 0.6 is 15.9 Å². The molecule has 1 aromatic rings. The zero-order valence-electron chi connectivity index (χ0n) is 7.68. The van der Waals surface area contributed by atoms with Gasteiger partial charge < -0.3 is 11.1 Å². The van der Waals surface area contributed by atoms with Gasteiger partial charge in [-0.2, -0.15) is 0 Å². The number of anilines is 1. The molecule has 0 amide bonds. The van der Waals surface area contributed by atoms with E-state index in [0.717, 1.165) is 35.4 Å². The van der Waals surface area contributed by atoms with Crippen LogP contribution in [0.15, 0.2) is 16.9 Å². The fraction of sp³-hybridized carbons (Fsp3) is 0.444. The molecule has 0 aliphatic heterocycles. The molecule has 0 unspecified atom stereocenters. The van der Waals surface area contributed by atoms with E-state index in [1.165, 1.54) is 0 Å². The van der Waals surface area contributed by atoms with Gasteiger partial charge in [0, 0.05) is 6.54 Å². The van der Waals surface area contributed by atoms with Gasteiger partial charge in [-0.3, -0.25) is 0 Å². The molecule has 3 nitrogen and oxygen atoms in total. The maximum absolute atomic E-state index is 5.38. The Hall–Kier alpha value is -0.610. The van der Waals surface area contributed by atoms with Crippen molar-refractivity contribution in [3.05, 3.63) is 22.4 Å². The maximum Gasteiger partial charge on any atom is 0.109 e. The van der Waals surface area contributed by atoms with Crippen LogP contribution in [0.4, 0.5) is 5.69 Å². The summed E-state index contributed by atoms with van der Waals surface area (Å²) in [4.78, 5) is 4.18. The standard InChI is InChI=1S/C9H14BrN3/c1-7-5-8(6-13-9(7)10)12-4-2-3-11/h5-6,12H,2-4,11H2,1H3. The molecule has 3 N–H and O–H groups in total. The smallest absolute Gasteiger partial charge is 0.109 e. The first kappa shape index (κ1) is 10.5. The van der Waals surface area contributed by atoms with Crippen molar-refractivity contribution in [2.24, 2.45) is 5.73 Å². The third-order valence-electron chi connectivity index (χ3n) is 1.72. The molecule has 0 spiro atoms. The van der Waals surface area contributed by atoms with E-state index in [1.54, 1.807) is 0 Å². The second-order valence-electron chi connectivity index (χ2n) is 2.90. The van der Waals surface area contributed by atoms with Gasteiger partial charge >= 0.3 is 0 Å². The van der Waals surface area contributed by atoms with Crippen LogP contribution in [0.1, 0.15) is 12.0 Å². The molecule has 0 fully saturated rings. The lowest BCUT2D eigenvalue weighted by molar-refractivity contribution is 0.873. The van der Waals surface area contributed by atoms with Gasteiger partial charge in [-0.1, -0.05) is 0 Å². The normalized spacial score (nSPS) is 10.1. The lowest BCUT2D eigenvalue weighted by atomic mass is 10.3. The summed E-state index contributed by atoms with van der Waals surface area (Å²) in [6.07, 6.45) is 2.79. The van der Waals surface area contributed by atoms with Gasteiger partial charge in [0.05, 0.1) is 11.9 Å². The largest absolute Gasteiger partial charge is 0.384 e. The van der Waals surface area contributed by atoms with Crippen LogP contribution in [0.2, 0.25) is 0 Å². The number of halogens is 1. The summed E-state index contributed by atoms with van der Waals surface area (Å²) >= 11 is 3.35. The lowest BCUT2D eigenvalue weighted by Gasteiger charge is -2.06. The van der Waals surface area contributed by atoms with E-state index in [-0.39, 0.29) is 0 Å². The Morgan fingerprint density at radius 1 is 1.62 bits per heavy atom. The summed E-state index contributed by atoms with van der Waals surface area (Å²) < 4.78 is 0.900. The summed E-state index contributed by atoms with van der Waals surface area (Å²) in [5.74, 6) is 0. The first-order valence-corrected chi connectivity index (χ1v) is 5.09. The fourth-order valence-electron chi connectivity index (χ4n) is 0.990. The van der Waals surface area contributed by atoms with Gasteiger partial charge in [0.1, 0.15) is 4.60 Å². The van der Waals surface area contributed by atoms with E-state index >= 15 is 0 Å². The molecule has 0 atom stereocenters. The van der Waals surface area contributed by atoms with Crippen molar-refractivity contribution in [3.8, 4) is 0 Å². The molecule has 0 bridgehead atoms. The first-order valence-electron chi connectivity index (χ1n) is 4.30. The van der Waals surface area contributed by atoms with Crippen LogP contribution < -0.4 is 11.1 Å². The quantitative estimate of drug-likeness (QED) is 0.628. The monoisotopic (exact) mass is 243 g/mol. The third-order valence-corrected chi connectivity index (χ3v) is 2.55. The minimum atomic E-state index is 0.718. The van der Waals surface area contributed by atoms with Gasteiger partial charge in [-0.25, -0.2) is 4.98 Å². The number of nitrogens with two attached hydrogens (primary N) is 1. The van der Waals surface area contributed by atoms with Crippen LogP contribution in [0, 0.1) is 6.92 Å². The van der Waals surface area contributed by atoms with Crippen molar-refractivity contribution >= 4 is 21.6 Å². The maximum atomic E-state index is 5.38. The summed E-state index contributed by atoms with van der Waals surface area (Å²) in [6, 6.07) is 2.06. The highest BCUT2D eigenvalue weighted by atomic mass is 79.9. The number of hydrogen-bond acceptors (Lipinski definition) is 3. The molecule has 1 aromatic heterocycles. The van der Waals surface area contributed by atoms with Gasteiger partial charge in [-0.05, 0) is 47.4 Å². The SMILES string of the molecule is Cc1cc(NCCCN)cnc1Br. The highest BCUT2D eigenvalue weighted by molar-refractivity contribution is 9.10. The van der Waals surface area contributed by atoms with Crippen molar-refractivity contribution in [2.45, 2.75) is 13.3 Å². The zero-order valence-corrected chi connectivity index (χ0v) is 9.26. The Balaban J connectivity index is 2.53. The number of aromatic nitrogens is 1. The highest BCUT2D eigenvalue weighted by Crippen LogP contribution is 2.16. The van der Waals surface area contributed by atoms with E-state index < -0.39 is 0 Å². The van der Waals surface area contributed by atoms with E-state index in [9.17, 15) is 0 Å². The molecule has 0 aliphatic rings. The Morgan fingerprint density at radius 2 is 2.38 bits per heavy atom. The summed E-state index contributed by atoms with van der Waals surface area (Å²) in [5, 5.41) is 3.25. The molecule has 4 heteroatoms. The minimum Gasteiger partial charge on any atom is -0.384 e. The van der Waals surface area contributed by atoms with Gasteiger partial charge in [-0.15, -0.1) is 0 Å². The number of hydrogen-bond donors (Lipinski definition) is 2. The topological polar surface area (TPSA) is 50.9 Å². The van der Waals surface area contributed by atoms with Gasteiger partial charge in [0.2, 0.25) is 0 Å². The van der Waals surface area contributed by atoms with E-state index in [1.807, 2.05) is 13.1 Å². The fourth-order valence-corrected chi connectivity index (χ4v) is 1.21. The molecule has 1 rings (SSSR count). The number of aryl methyl sites for hydroxylation is 1. The molecule has 0 saturated carbocycles. The molecule has 1 heterocycles. The third kappa shape index (κ3) is 3.32. The van der Waals surface area contributed by atoms with E-state index in [2.05, 4.69) is 32.3 Å². The predicted octanol–water partition coefficient (Wildman–Crippen LogP) is 1.91. The van der Waals surface area contributed by atoms with E-state index in [0.29, 0.717) is 0 Å². The molecule has 13 heavy (non-hydrogen) atoms. The molecule has 0 saturated heterocycles. The predicted molar refractivity (Wildman–Crippen MR) is 58.8 cm³/mol. The Morgan fingerprint density at radius 3 is 3.00 bits per heavy atom. The number of pyridine rings is 1. The molecule has 0 aliphatic carbocycles. The summed E-state index contributed by atoms with van der Waals surface area (Å²) in [5.41, 5.74) is 7.57. The molecule has 0 aromatic carbocycles. The average molecular weight is 244 g/mol. The molecule has 72 valence electrons. The van der Waals surface area contributed by atoms with Gasteiger partial charge in [0.25, 0.3) is 0 Å². The van der Waals surface area contributed by atoms with Crippen LogP contribution in [0.25, 0.3) is 0 Å². The van der Waals surface area contributed by atoms with Crippen LogP contribution in [0.3, 0.4) is 0 Å². The zero-order chi connectivity index (χ0) is 9.68. The molecular formula is C9H14BrN3. The van der Waals surface area contributed by atoms with Crippen molar-refractivity contribution < 1.29 is 0 Å². The number of nitrogens with zero attached hydrogens (tertiary/aromatic N) is 1. The second-order valence-corrected chi connectivity index (χ2v) is 3.65. The van der Waals surface area contributed by atoms with Crippen molar-refractivity contribution in [3.63, 3.8) is 0 Å². The minimum absolute atomic E-state index is 0.718. The Bertz CT molecular complexity index is 276. The van der Waals surface area contributed by atoms with Crippen LogP contribution in [0.5, 0.6) is 0 Å². The lowest BCUT2D eigenvalue weighted by Crippen LogP contribution is -2.08. The second kappa shape index (κ2) is 5.19. The first-order chi connectivity index (χ1) is 6.24. The number of rotatable bonds is 4. The summed E-state index contributed by atoms with van der Waals surface area (Å²) in [6.45, 7) is 3.64.